The molecule has 3 aromatic rings. The molecule has 2 aromatic carbocycles. The molecule has 2 amide bonds. The molecule has 1 aliphatic heterocycles. The number of benzene rings is 2. The van der Waals surface area contributed by atoms with Crippen LogP contribution < -0.4 is 10.6 Å². The number of hydrogen-bond donors (Lipinski definition) is 3. The molecule has 0 saturated carbocycles. The molecule has 0 radical (unpaired) electrons. The van der Waals surface area contributed by atoms with Crippen LogP contribution in [0.25, 0.3) is 10.9 Å². The average molecular weight is 542 g/mol. The Bertz CT molecular complexity index is 1410. The summed E-state index contributed by atoms with van der Waals surface area (Å²) < 4.78 is 34.7. The van der Waals surface area contributed by atoms with Gasteiger partial charge in [0, 0.05) is 62.4 Å². The number of nitrogens with one attached hydrogen (secondary N) is 3. The molecule has 204 valence electrons. The minimum absolute atomic E-state index is 0.155. The number of amides is 2. The van der Waals surface area contributed by atoms with Crippen LogP contribution in [0.1, 0.15) is 44.4 Å². The molecule has 2 heterocycles. The predicted octanol–water partition coefficient (Wildman–Crippen LogP) is 3.76. The fourth-order valence-electron chi connectivity index (χ4n) is 4.39. The number of fused-ring (bicyclic) bond motifs is 1. The van der Waals surface area contributed by atoms with Gasteiger partial charge in [-0.3, -0.25) is 4.79 Å². The zero-order valence-corrected chi connectivity index (χ0v) is 23.0. The third-order valence-corrected chi connectivity index (χ3v) is 8.07. The number of aromatic nitrogens is 1. The van der Waals surface area contributed by atoms with Crippen molar-refractivity contribution >= 4 is 38.8 Å². The smallest absolute Gasteiger partial charge is 0.407 e. The summed E-state index contributed by atoms with van der Waals surface area (Å²) in [4.78, 5) is 26.4. The Balaban J connectivity index is 1.38. The lowest BCUT2D eigenvalue weighted by atomic mass is 10.1. The molecule has 1 saturated heterocycles. The SMILES string of the molecule is CC(=O)Nc1ccc(CN2CCN(Cc3ccc4[nH]cc(CCNC(=O)OC(C)(C)C)c4c3)S2(=O)=O)cc1. The second-order valence-electron chi connectivity index (χ2n) is 10.4. The molecule has 0 aliphatic carbocycles. The first-order chi connectivity index (χ1) is 17.9. The lowest BCUT2D eigenvalue weighted by Gasteiger charge is -2.19. The van der Waals surface area contributed by atoms with Gasteiger partial charge in [0.1, 0.15) is 5.60 Å². The van der Waals surface area contributed by atoms with Gasteiger partial charge in [-0.2, -0.15) is 17.0 Å². The van der Waals surface area contributed by atoms with E-state index in [1.54, 1.807) is 12.1 Å². The van der Waals surface area contributed by atoms with Crippen molar-refractivity contribution in [2.45, 2.75) is 52.8 Å². The molecule has 0 atom stereocenters. The van der Waals surface area contributed by atoms with Gasteiger partial charge in [0.2, 0.25) is 5.91 Å². The van der Waals surface area contributed by atoms with Crippen molar-refractivity contribution in [2.75, 3.05) is 25.0 Å². The van der Waals surface area contributed by atoms with Gasteiger partial charge < -0.3 is 20.4 Å². The van der Waals surface area contributed by atoms with Gasteiger partial charge in [-0.15, -0.1) is 0 Å². The van der Waals surface area contributed by atoms with E-state index in [2.05, 4.69) is 15.6 Å². The number of alkyl carbamates (subject to hydrolysis) is 1. The first-order valence-electron chi connectivity index (χ1n) is 12.6. The van der Waals surface area contributed by atoms with Gasteiger partial charge in [0.05, 0.1) is 0 Å². The number of ether oxygens (including phenoxy) is 1. The van der Waals surface area contributed by atoms with Crippen molar-refractivity contribution in [1.29, 1.82) is 0 Å². The van der Waals surface area contributed by atoms with E-state index in [1.807, 2.05) is 57.3 Å². The molecule has 3 N–H and O–H groups in total. The molecule has 1 fully saturated rings. The fourth-order valence-corrected chi connectivity index (χ4v) is 5.96. The van der Waals surface area contributed by atoms with Gasteiger partial charge in [0.25, 0.3) is 10.2 Å². The van der Waals surface area contributed by atoms with E-state index < -0.39 is 21.9 Å². The summed E-state index contributed by atoms with van der Waals surface area (Å²) in [5, 5.41) is 6.49. The van der Waals surface area contributed by atoms with Gasteiger partial charge in [-0.05, 0) is 68.1 Å². The number of rotatable bonds is 8. The van der Waals surface area contributed by atoms with Gasteiger partial charge in [-0.25, -0.2) is 4.79 Å². The Morgan fingerprint density at radius 2 is 1.63 bits per heavy atom. The van der Waals surface area contributed by atoms with Crippen LogP contribution in [0.2, 0.25) is 0 Å². The van der Waals surface area contributed by atoms with E-state index in [0.29, 0.717) is 31.7 Å². The van der Waals surface area contributed by atoms with Crippen LogP contribution in [0.5, 0.6) is 0 Å². The van der Waals surface area contributed by atoms with Crippen molar-refractivity contribution < 1.29 is 22.7 Å². The zero-order chi connectivity index (χ0) is 27.5. The highest BCUT2D eigenvalue weighted by atomic mass is 32.2. The summed E-state index contributed by atoms with van der Waals surface area (Å²) >= 11 is 0. The van der Waals surface area contributed by atoms with E-state index in [0.717, 1.165) is 27.6 Å². The van der Waals surface area contributed by atoms with Crippen molar-refractivity contribution in [3.05, 3.63) is 65.4 Å². The summed E-state index contributed by atoms with van der Waals surface area (Å²) in [6, 6.07) is 13.1. The van der Waals surface area contributed by atoms with Gasteiger partial charge >= 0.3 is 6.09 Å². The first-order valence-corrected chi connectivity index (χ1v) is 14.0. The number of aromatic amines is 1. The molecule has 1 aromatic heterocycles. The molecular formula is C27H35N5O5S. The molecule has 0 spiro atoms. The molecule has 0 unspecified atom stereocenters. The van der Waals surface area contributed by atoms with Crippen LogP contribution in [0.15, 0.2) is 48.7 Å². The van der Waals surface area contributed by atoms with Crippen LogP contribution in [0.3, 0.4) is 0 Å². The Hall–Kier alpha value is -3.41. The maximum Gasteiger partial charge on any atom is 0.407 e. The molecule has 11 heteroatoms. The summed E-state index contributed by atoms with van der Waals surface area (Å²) in [5.74, 6) is -0.155. The molecule has 10 nitrogen and oxygen atoms in total. The van der Waals surface area contributed by atoms with E-state index >= 15 is 0 Å². The standard InChI is InChI=1S/C27H35N5O5S/c1-19(33)30-23-8-5-20(6-9-23)17-31-13-14-32(38(31,35)36)18-21-7-10-25-24(15-21)22(16-29-25)11-12-28-26(34)37-27(2,3)4/h5-10,15-16,29H,11-14,17-18H2,1-4H3,(H,28,34)(H,30,33). The second-order valence-corrected chi connectivity index (χ2v) is 12.4. The highest BCUT2D eigenvalue weighted by molar-refractivity contribution is 7.86. The monoisotopic (exact) mass is 541 g/mol. The number of H-pyrrole nitrogens is 1. The lowest BCUT2D eigenvalue weighted by molar-refractivity contribution is -0.114. The van der Waals surface area contributed by atoms with Crippen LogP contribution in [-0.4, -0.2) is 59.2 Å². The summed E-state index contributed by atoms with van der Waals surface area (Å²) in [5.41, 5.74) is 3.85. The molecule has 4 rings (SSSR count). The Labute approximate surface area is 223 Å². The second kappa shape index (κ2) is 11.1. The summed E-state index contributed by atoms with van der Waals surface area (Å²) in [7, 11) is -3.61. The van der Waals surface area contributed by atoms with E-state index in [-0.39, 0.29) is 19.0 Å². The third kappa shape index (κ3) is 6.91. The van der Waals surface area contributed by atoms with Crippen molar-refractivity contribution in [3.8, 4) is 0 Å². The van der Waals surface area contributed by atoms with Crippen molar-refractivity contribution in [2.24, 2.45) is 0 Å². The largest absolute Gasteiger partial charge is 0.444 e. The lowest BCUT2D eigenvalue weighted by Crippen LogP contribution is -2.33. The maximum atomic E-state index is 13.2. The Morgan fingerprint density at radius 3 is 2.26 bits per heavy atom. The predicted molar refractivity (Wildman–Crippen MR) is 147 cm³/mol. The molecule has 0 bridgehead atoms. The average Bonchev–Trinajstić information content (AvgIpc) is 3.34. The van der Waals surface area contributed by atoms with Crippen molar-refractivity contribution in [3.63, 3.8) is 0 Å². The van der Waals surface area contributed by atoms with Crippen LogP contribution in [-0.2, 0) is 39.3 Å². The van der Waals surface area contributed by atoms with Crippen LogP contribution in [0, 0.1) is 0 Å². The molecule has 38 heavy (non-hydrogen) atoms. The summed E-state index contributed by atoms with van der Waals surface area (Å²) in [6.07, 6.45) is 2.07. The quantitative estimate of drug-likeness (QED) is 0.401. The number of nitrogens with zero attached hydrogens (tertiary/aromatic N) is 2. The van der Waals surface area contributed by atoms with Crippen LogP contribution >= 0.6 is 0 Å². The number of anilines is 1. The highest BCUT2D eigenvalue weighted by Gasteiger charge is 2.36. The minimum Gasteiger partial charge on any atom is -0.444 e. The van der Waals surface area contributed by atoms with E-state index in [1.165, 1.54) is 15.5 Å². The highest BCUT2D eigenvalue weighted by Crippen LogP contribution is 2.25. The van der Waals surface area contributed by atoms with E-state index in [4.69, 9.17) is 4.74 Å². The molecule has 1 aliphatic rings. The number of carbonyl (C=O) groups excluding carboxylic acids is 2. The van der Waals surface area contributed by atoms with Crippen LogP contribution in [0.4, 0.5) is 10.5 Å². The normalized spacial score (nSPS) is 16.0. The maximum absolute atomic E-state index is 13.2. The Morgan fingerprint density at radius 1 is 1.00 bits per heavy atom. The van der Waals surface area contributed by atoms with E-state index in [9.17, 15) is 18.0 Å². The summed E-state index contributed by atoms with van der Waals surface area (Å²) in [6.45, 7) is 8.68. The molecular weight excluding hydrogens is 506 g/mol. The number of hydrogen-bond acceptors (Lipinski definition) is 5. The zero-order valence-electron chi connectivity index (χ0n) is 22.2. The fraction of sp³-hybridized carbons (Fsp3) is 0.407. The number of carbonyl (C=O) groups is 2. The van der Waals surface area contributed by atoms with Crippen molar-refractivity contribution in [1.82, 2.24) is 18.9 Å². The van der Waals surface area contributed by atoms with Gasteiger partial charge in [0.15, 0.2) is 0 Å². The minimum atomic E-state index is -3.61. The third-order valence-electron chi connectivity index (χ3n) is 6.14. The van der Waals surface area contributed by atoms with Gasteiger partial charge in [-0.1, -0.05) is 18.2 Å². The Kier molecular flexibility index (Phi) is 8.10. The topological polar surface area (TPSA) is 124 Å². The first kappa shape index (κ1) is 27.6.